The summed E-state index contributed by atoms with van der Waals surface area (Å²) in [6.07, 6.45) is -5.51. The Labute approximate surface area is 124 Å². The molecule has 21 heavy (non-hydrogen) atoms. The summed E-state index contributed by atoms with van der Waals surface area (Å²) in [6.45, 7) is 0. The van der Waals surface area contributed by atoms with Gasteiger partial charge >= 0.3 is 6.18 Å². The summed E-state index contributed by atoms with van der Waals surface area (Å²) in [6, 6.07) is 10.9. The topological polar surface area (TPSA) is 12.0 Å². The molecule has 0 bridgehead atoms. The van der Waals surface area contributed by atoms with Crippen molar-refractivity contribution < 1.29 is 17.6 Å². The number of alkyl halides is 3. The number of nitrogens with one attached hydrogen (secondary N) is 1. The molecule has 0 fully saturated rings. The summed E-state index contributed by atoms with van der Waals surface area (Å²) >= 11 is 5.85. The minimum atomic E-state index is -4.38. The zero-order chi connectivity index (χ0) is 15.5. The van der Waals surface area contributed by atoms with Crippen LogP contribution in [0.2, 0.25) is 5.02 Å². The molecule has 0 heterocycles. The van der Waals surface area contributed by atoms with E-state index < -0.39 is 24.5 Å². The molecule has 0 saturated heterocycles. The minimum absolute atomic E-state index is 0.0399. The van der Waals surface area contributed by atoms with Gasteiger partial charge in [-0.25, -0.2) is 4.39 Å². The number of rotatable bonds is 4. The lowest BCUT2D eigenvalue weighted by molar-refractivity contribution is -0.137. The largest absolute Gasteiger partial charge is 0.391 e. The number of hydrogen-bond acceptors (Lipinski definition) is 1. The molecule has 2 aromatic carbocycles. The average Bonchev–Trinajstić information content (AvgIpc) is 2.41. The molecule has 6 heteroatoms. The van der Waals surface area contributed by atoms with Gasteiger partial charge in [0.2, 0.25) is 0 Å². The third-order valence-corrected chi connectivity index (χ3v) is 3.23. The van der Waals surface area contributed by atoms with Crippen LogP contribution in [0.15, 0.2) is 48.5 Å². The Kier molecular flexibility index (Phi) is 4.73. The van der Waals surface area contributed by atoms with Crippen LogP contribution in [-0.4, -0.2) is 6.18 Å². The SMILES string of the molecule is Fc1cccc(Cl)c1NC(CC(F)(F)F)c1ccccc1. The predicted octanol–water partition coefficient (Wildman–Crippen LogP) is 5.58. The molecular formula is C15H12ClF4N. The molecule has 1 unspecified atom stereocenters. The van der Waals surface area contributed by atoms with E-state index in [9.17, 15) is 17.6 Å². The van der Waals surface area contributed by atoms with E-state index in [-0.39, 0.29) is 10.7 Å². The van der Waals surface area contributed by atoms with Gasteiger partial charge < -0.3 is 5.32 Å². The fourth-order valence-corrected chi connectivity index (χ4v) is 2.20. The average molecular weight is 318 g/mol. The van der Waals surface area contributed by atoms with Gasteiger partial charge in [-0.1, -0.05) is 48.0 Å². The fraction of sp³-hybridized carbons (Fsp3) is 0.200. The van der Waals surface area contributed by atoms with Crippen molar-refractivity contribution >= 4 is 17.3 Å². The molecule has 0 spiro atoms. The molecule has 0 aliphatic heterocycles. The fourth-order valence-electron chi connectivity index (χ4n) is 1.98. The smallest absolute Gasteiger partial charge is 0.374 e. The van der Waals surface area contributed by atoms with Crippen LogP contribution in [-0.2, 0) is 0 Å². The van der Waals surface area contributed by atoms with Crippen molar-refractivity contribution in [2.75, 3.05) is 5.32 Å². The molecule has 0 aliphatic carbocycles. The van der Waals surface area contributed by atoms with E-state index in [1.807, 2.05) is 0 Å². The highest BCUT2D eigenvalue weighted by molar-refractivity contribution is 6.33. The first kappa shape index (κ1) is 15.6. The molecule has 1 atom stereocenters. The van der Waals surface area contributed by atoms with E-state index in [2.05, 4.69) is 5.32 Å². The lowest BCUT2D eigenvalue weighted by atomic mass is 10.0. The number of para-hydroxylation sites is 1. The van der Waals surface area contributed by atoms with Gasteiger partial charge in [0, 0.05) is 0 Å². The van der Waals surface area contributed by atoms with E-state index in [4.69, 9.17) is 11.6 Å². The molecule has 0 radical (unpaired) electrons. The van der Waals surface area contributed by atoms with E-state index in [1.165, 1.54) is 12.1 Å². The number of hydrogen-bond donors (Lipinski definition) is 1. The molecule has 0 amide bonds. The van der Waals surface area contributed by atoms with Gasteiger partial charge in [-0.15, -0.1) is 0 Å². The maximum atomic E-state index is 13.7. The molecule has 0 aliphatic rings. The van der Waals surface area contributed by atoms with Crippen molar-refractivity contribution in [3.63, 3.8) is 0 Å². The van der Waals surface area contributed by atoms with Gasteiger partial charge in [-0.2, -0.15) is 13.2 Å². The van der Waals surface area contributed by atoms with Crippen LogP contribution in [0.3, 0.4) is 0 Å². The zero-order valence-corrected chi connectivity index (χ0v) is 11.5. The van der Waals surface area contributed by atoms with Crippen molar-refractivity contribution in [2.24, 2.45) is 0 Å². The van der Waals surface area contributed by atoms with Crippen molar-refractivity contribution in [3.8, 4) is 0 Å². The van der Waals surface area contributed by atoms with Crippen LogP contribution < -0.4 is 5.32 Å². The Morgan fingerprint density at radius 3 is 2.24 bits per heavy atom. The maximum Gasteiger partial charge on any atom is 0.391 e. The second-order valence-corrected chi connectivity index (χ2v) is 4.93. The van der Waals surface area contributed by atoms with Crippen molar-refractivity contribution in [1.29, 1.82) is 0 Å². The first-order valence-electron chi connectivity index (χ1n) is 6.19. The molecule has 2 rings (SSSR count). The number of benzene rings is 2. The van der Waals surface area contributed by atoms with Crippen LogP contribution in [0.4, 0.5) is 23.2 Å². The molecule has 2 aromatic rings. The first-order chi connectivity index (χ1) is 9.87. The van der Waals surface area contributed by atoms with E-state index in [1.54, 1.807) is 30.3 Å². The normalized spacial score (nSPS) is 13.0. The van der Waals surface area contributed by atoms with Gasteiger partial charge in [0.25, 0.3) is 0 Å². The molecular weight excluding hydrogens is 306 g/mol. The molecule has 1 N–H and O–H groups in total. The third-order valence-electron chi connectivity index (χ3n) is 2.92. The van der Waals surface area contributed by atoms with E-state index >= 15 is 0 Å². The first-order valence-corrected chi connectivity index (χ1v) is 6.57. The number of halogens is 5. The standard InChI is InChI=1S/C15H12ClF4N/c16-11-7-4-8-12(17)14(11)21-13(9-15(18,19)20)10-5-2-1-3-6-10/h1-8,13,21H,9H2. The van der Waals surface area contributed by atoms with Gasteiger partial charge in [-0.05, 0) is 17.7 Å². The summed E-state index contributed by atoms with van der Waals surface area (Å²) in [5.74, 6) is -0.689. The third kappa shape index (κ3) is 4.36. The molecule has 112 valence electrons. The summed E-state index contributed by atoms with van der Waals surface area (Å²) in [5, 5.41) is 2.60. The number of anilines is 1. The lowest BCUT2D eigenvalue weighted by Crippen LogP contribution is -2.20. The highest BCUT2D eigenvalue weighted by atomic mass is 35.5. The van der Waals surface area contributed by atoms with Crippen molar-refractivity contribution in [2.45, 2.75) is 18.6 Å². The molecule has 0 saturated carbocycles. The monoisotopic (exact) mass is 317 g/mol. The Balaban J connectivity index is 2.33. The molecule has 1 nitrogen and oxygen atoms in total. The summed E-state index contributed by atoms with van der Waals surface area (Å²) in [7, 11) is 0. The summed E-state index contributed by atoms with van der Waals surface area (Å²) < 4.78 is 51.9. The van der Waals surface area contributed by atoms with Crippen LogP contribution in [0.5, 0.6) is 0 Å². The summed E-state index contributed by atoms with van der Waals surface area (Å²) in [4.78, 5) is 0. The Morgan fingerprint density at radius 1 is 1.00 bits per heavy atom. The van der Waals surface area contributed by atoms with E-state index in [0.29, 0.717) is 5.56 Å². The van der Waals surface area contributed by atoms with Gasteiger partial charge in [-0.3, -0.25) is 0 Å². The summed E-state index contributed by atoms with van der Waals surface area (Å²) in [5.41, 5.74) is 0.284. The van der Waals surface area contributed by atoms with Crippen LogP contribution >= 0.6 is 11.6 Å². The van der Waals surface area contributed by atoms with Gasteiger partial charge in [0.1, 0.15) is 5.82 Å². The Bertz CT molecular complexity index is 578. The van der Waals surface area contributed by atoms with Crippen LogP contribution in [0.1, 0.15) is 18.0 Å². The highest BCUT2D eigenvalue weighted by Crippen LogP contribution is 2.35. The quantitative estimate of drug-likeness (QED) is 0.725. The second kappa shape index (κ2) is 6.35. The van der Waals surface area contributed by atoms with Crippen molar-refractivity contribution in [3.05, 3.63) is 64.9 Å². The zero-order valence-electron chi connectivity index (χ0n) is 10.8. The van der Waals surface area contributed by atoms with Gasteiger partial charge in [0.15, 0.2) is 0 Å². The Hall–Kier alpha value is -1.75. The highest BCUT2D eigenvalue weighted by Gasteiger charge is 2.33. The van der Waals surface area contributed by atoms with Crippen molar-refractivity contribution in [1.82, 2.24) is 0 Å². The minimum Gasteiger partial charge on any atom is -0.374 e. The van der Waals surface area contributed by atoms with E-state index in [0.717, 1.165) is 6.07 Å². The van der Waals surface area contributed by atoms with Crippen LogP contribution in [0.25, 0.3) is 0 Å². The maximum absolute atomic E-state index is 13.7. The predicted molar refractivity (Wildman–Crippen MR) is 74.9 cm³/mol. The lowest BCUT2D eigenvalue weighted by Gasteiger charge is -2.22. The Morgan fingerprint density at radius 2 is 1.67 bits per heavy atom. The molecule has 0 aromatic heterocycles. The second-order valence-electron chi connectivity index (χ2n) is 4.52. The van der Waals surface area contributed by atoms with Crippen LogP contribution in [0, 0.1) is 5.82 Å². The van der Waals surface area contributed by atoms with Gasteiger partial charge in [0.05, 0.1) is 23.2 Å².